The highest BCUT2D eigenvalue weighted by Gasteiger charge is 2.38. The maximum Gasteiger partial charge on any atom is 0.261 e. The molecule has 0 spiro atoms. The highest BCUT2D eigenvalue weighted by molar-refractivity contribution is 8.76. The Kier molecular flexibility index (Phi) is 12.3. The van der Waals surface area contributed by atoms with E-state index in [1.807, 2.05) is 70.8 Å². The molecule has 3 amide bonds. The van der Waals surface area contributed by atoms with Crippen LogP contribution in [0.4, 0.5) is 28.4 Å². The lowest BCUT2D eigenvalue weighted by atomic mass is 10.0. The summed E-state index contributed by atoms with van der Waals surface area (Å²) in [5.41, 5.74) is 7.75. The smallest absolute Gasteiger partial charge is 0.261 e. The molecule has 0 aromatic heterocycles. The third-order valence-corrected chi connectivity index (χ3v) is 14.2. The number of aryl methyl sites for hydroxylation is 1. The average molecular weight is 846 g/mol. The van der Waals surface area contributed by atoms with E-state index in [0.29, 0.717) is 72.2 Å². The van der Waals surface area contributed by atoms with Crippen LogP contribution in [0.3, 0.4) is 0 Å². The summed E-state index contributed by atoms with van der Waals surface area (Å²) in [7, 11) is 5.07. The number of carbonyl (C=O) groups excluding carboxylic acids is 3. The quantitative estimate of drug-likeness (QED) is 0.0874. The minimum absolute atomic E-state index is 0.000355. The van der Waals surface area contributed by atoms with Crippen molar-refractivity contribution in [2.75, 3.05) is 41.7 Å². The first kappa shape index (κ1) is 41.5. The van der Waals surface area contributed by atoms with Crippen LogP contribution in [0.1, 0.15) is 90.3 Å². The molecule has 0 bridgehead atoms. The Labute approximate surface area is 359 Å². The Balaban J connectivity index is 0.854. The van der Waals surface area contributed by atoms with E-state index in [1.54, 1.807) is 40.8 Å². The van der Waals surface area contributed by atoms with Crippen molar-refractivity contribution in [2.24, 2.45) is 9.98 Å². The van der Waals surface area contributed by atoms with E-state index in [1.165, 1.54) is 0 Å². The van der Waals surface area contributed by atoms with Crippen molar-refractivity contribution in [1.29, 1.82) is 0 Å². The summed E-state index contributed by atoms with van der Waals surface area (Å²) in [5.74, 6) is 1.55. The van der Waals surface area contributed by atoms with Gasteiger partial charge in [-0.1, -0.05) is 52.8 Å². The van der Waals surface area contributed by atoms with Crippen molar-refractivity contribution in [2.45, 2.75) is 89.0 Å². The molecule has 1 N–H and O–H groups in total. The van der Waals surface area contributed by atoms with Crippen LogP contribution in [0.5, 0.6) is 17.2 Å². The number of hydrogen-bond acceptors (Lipinski definition) is 10. The van der Waals surface area contributed by atoms with E-state index in [2.05, 4.69) is 38.4 Å². The van der Waals surface area contributed by atoms with E-state index < -0.39 is 0 Å². The number of methoxy groups -OCH3 is 1. The molecule has 2 atom stereocenters. The Morgan fingerprint density at radius 2 is 1.43 bits per heavy atom. The molecule has 0 radical (unpaired) electrons. The van der Waals surface area contributed by atoms with Gasteiger partial charge in [0.05, 0.1) is 60.6 Å². The SMILES string of the molecule is CCc1cc2c(cc1OCCCCCOc1cc3c(cc1OC)C(=O)N1c4ccccc4C[C@H]1C=N3)N=C[C@@H]1Cc3ccc(NC(=O)CCC(C)(C)SSC)cc3N1C2=O. The Morgan fingerprint density at radius 1 is 0.800 bits per heavy atom. The third kappa shape index (κ3) is 8.51. The van der Waals surface area contributed by atoms with Crippen LogP contribution in [0, 0.1) is 0 Å². The maximum absolute atomic E-state index is 14.2. The standard InChI is InChI=1S/C47H51N5O6S2/c1-6-29-22-35-37(48-28-34-21-31-14-15-32(23-40(31)52(34)45(35)54)50-44(53)16-17-47(2,3)60-59-5)25-41(29)57-18-10-7-11-19-58-43-26-38-36(24-42(43)56-4)46(55)51-33(27-49-38)20-30-12-8-9-13-39(30)51/h8-9,12-15,22-28,33-34H,6-7,10-11,16-21H2,1-5H3,(H,50,53)/t33-,34-/m0/s1. The zero-order valence-electron chi connectivity index (χ0n) is 34.8. The number of benzene rings is 4. The van der Waals surface area contributed by atoms with Crippen LogP contribution >= 0.6 is 21.6 Å². The topological polar surface area (TPSA) is 122 Å². The molecule has 0 aliphatic carbocycles. The normalized spacial score (nSPS) is 17.2. The molecule has 0 fully saturated rings. The van der Waals surface area contributed by atoms with Gasteiger partial charge in [-0.3, -0.25) is 34.2 Å². The summed E-state index contributed by atoms with van der Waals surface area (Å²) >= 11 is 0. The number of rotatable bonds is 16. The highest BCUT2D eigenvalue weighted by Crippen LogP contribution is 2.43. The Morgan fingerprint density at radius 3 is 2.12 bits per heavy atom. The predicted molar refractivity (Wildman–Crippen MR) is 244 cm³/mol. The van der Waals surface area contributed by atoms with Crippen LogP contribution in [-0.4, -0.2) is 73.6 Å². The molecule has 4 aromatic carbocycles. The van der Waals surface area contributed by atoms with E-state index in [0.717, 1.165) is 65.9 Å². The predicted octanol–water partition coefficient (Wildman–Crippen LogP) is 9.97. The number of carbonyl (C=O) groups is 3. The Bertz CT molecular complexity index is 2380. The Hall–Kier alpha value is -5.27. The lowest BCUT2D eigenvalue weighted by Crippen LogP contribution is -2.37. The first-order chi connectivity index (χ1) is 29.1. The number of hydrogen-bond donors (Lipinski definition) is 1. The second kappa shape index (κ2) is 17.8. The summed E-state index contributed by atoms with van der Waals surface area (Å²) in [4.78, 5) is 54.0. The van der Waals surface area contributed by atoms with Gasteiger partial charge in [0.2, 0.25) is 5.91 Å². The summed E-state index contributed by atoms with van der Waals surface area (Å²) in [6.07, 6.45) is 11.5. The molecule has 4 aromatic rings. The summed E-state index contributed by atoms with van der Waals surface area (Å²) in [6.45, 7) is 7.34. The minimum atomic E-state index is -0.219. The number of nitrogens with one attached hydrogen (secondary N) is 1. The molecule has 4 aliphatic rings. The number of anilines is 3. The molecule has 60 heavy (non-hydrogen) atoms. The molecule has 4 heterocycles. The van der Waals surface area contributed by atoms with Crippen molar-refractivity contribution in [3.63, 3.8) is 0 Å². The average Bonchev–Trinajstić information content (AvgIpc) is 3.72. The van der Waals surface area contributed by atoms with E-state index >= 15 is 0 Å². The first-order valence-corrected chi connectivity index (χ1v) is 23.3. The summed E-state index contributed by atoms with van der Waals surface area (Å²) in [6, 6.07) is 20.8. The van der Waals surface area contributed by atoms with Crippen molar-refractivity contribution in [3.05, 3.63) is 94.5 Å². The molecule has 13 heteroatoms. The van der Waals surface area contributed by atoms with E-state index in [4.69, 9.17) is 24.2 Å². The largest absolute Gasteiger partial charge is 0.493 e. The second-order valence-corrected chi connectivity index (χ2v) is 19.2. The zero-order chi connectivity index (χ0) is 42.0. The number of aliphatic imine (C=N–C) groups is 2. The fourth-order valence-corrected chi connectivity index (χ4v) is 10.6. The lowest BCUT2D eigenvalue weighted by Gasteiger charge is -2.23. The molecular weight excluding hydrogens is 795 g/mol. The number of unbranched alkanes of at least 4 members (excludes halogenated alkanes) is 2. The van der Waals surface area contributed by atoms with Crippen LogP contribution in [0.25, 0.3) is 0 Å². The molecule has 11 nitrogen and oxygen atoms in total. The van der Waals surface area contributed by atoms with Gasteiger partial charge in [-0.15, -0.1) is 0 Å². The van der Waals surface area contributed by atoms with Gasteiger partial charge >= 0.3 is 0 Å². The summed E-state index contributed by atoms with van der Waals surface area (Å²) in [5, 5.41) is 3.05. The van der Waals surface area contributed by atoms with Crippen molar-refractivity contribution in [3.8, 4) is 17.2 Å². The number of amides is 3. The number of fused-ring (bicyclic) bond motifs is 8. The van der Waals surface area contributed by atoms with Gasteiger partial charge in [0.15, 0.2) is 11.5 Å². The van der Waals surface area contributed by atoms with Crippen molar-refractivity contribution < 1.29 is 28.6 Å². The van der Waals surface area contributed by atoms with E-state index in [-0.39, 0.29) is 34.6 Å². The fourth-order valence-electron chi connectivity index (χ4n) is 8.35. The van der Waals surface area contributed by atoms with Crippen LogP contribution in [0.2, 0.25) is 0 Å². The van der Waals surface area contributed by atoms with Gasteiger partial charge < -0.3 is 19.5 Å². The molecule has 4 aliphatic heterocycles. The maximum atomic E-state index is 14.2. The van der Waals surface area contributed by atoms with Crippen LogP contribution in [0.15, 0.2) is 76.7 Å². The van der Waals surface area contributed by atoms with Gasteiger partial charge in [-0.25, -0.2) is 0 Å². The minimum Gasteiger partial charge on any atom is -0.493 e. The first-order valence-electron chi connectivity index (χ1n) is 20.7. The second-order valence-electron chi connectivity index (χ2n) is 16.1. The van der Waals surface area contributed by atoms with Gasteiger partial charge in [-0.05, 0) is 99.2 Å². The molecule has 0 saturated heterocycles. The zero-order valence-corrected chi connectivity index (χ0v) is 36.4. The number of para-hydroxylation sites is 1. The lowest BCUT2D eigenvalue weighted by molar-refractivity contribution is -0.116. The van der Waals surface area contributed by atoms with Gasteiger partial charge in [0.1, 0.15) is 5.75 Å². The van der Waals surface area contributed by atoms with Crippen molar-refractivity contribution >= 4 is 80.2 Å². The van der Waals surface area contributed by atoms with Gasteiger partial charge in [0, 0.05) is 59.9 Å². The number of nitrogens with zero attached hydrogens (tertiary/aromatic N) is 4. The van der Waals surface area contributed by atoms with Crippen LogP contribution < -0.4 is 29.3 Å². The molecule has 0 saturated carbocycles. The molecule has 0 unspecified atom stereocenters. The van der Waals surface area contributed by atoms with E-state index in [9.17, 15) is 14.4 Å². The molecule has 312 valence electrons. The monoisotopic (exact) mass is 845 g/mol. The van der Waals surface area contributed by atoms with Gasteiger partial charge in [-0.2, -0.15) is 0 Å². The van der Waals surface area contributed by atoms with Crippen molar-refractivity contribution in [1.82, 2.24) is 0 Å². The third-order valence-electron chi connectivity index (χ3n) is 11.5. The van der Waals surface area contributed by atoms with Gasteiger partial charge in [0.25, 0.3) is 11.8 Å². The summed E-state index contributed by atoms with van der Waals surface area (Å²) < 4.78 is 18.1. The molecule has 8 rings (SSSR count). The molecular formula is C47H51N5O6S2. The number of ether oxygens (including phenoxy) is 3. The highest BCUT2D eigenvalue weighted by atomic mass is 33.1. The van der Waals surface area contributed by atoms with Crippen LogP contribution in [-0.2, 0) is 24.1 Å². The fraction of sp³-hybridized carbons (Fsp3) is 0.383.